The number of benzene rings is 3. The van der Waals surface area contributed by atoms with Crippen LogP contribution in [0.5, 0.6) is 17.4 Å². The van der Waals surface area contributed by atoms with Crippen LogP contribution in [0, 0.1) is 19.7 Å². The molecule has 1 saturated heterocycles. The highest BCUT2D eigenvalue weighted by Crippen LogP contribution is 2.30. The second-order valence-corrected chi connectivity index (χ2v) is 12.9. The Balaban J connectivity index is 1.29. The van der Waals surface area contributed by atoms with Gasteiger partial charge in [0, 0.05) is 62.1 Å². The Morgan fingerprint density at radius 2 is 1.78 bits per heavy atom. The Kier molecular flexibility index (Phi) is 12.6. The van der Waals surface area contributed by atoms with Crippen molar-refractivity contribution >= 4 is 23.4 Å². The number of piperazine rings is 1. The first-order valence-corrected chi connectivity index (χ1v) is 17.4. The Labute approximate surface area is 295 Å². The number of hydrogen-bond donors (Lipinski definition) is 2. The molecule has 3 aromatic carbocycles. The van der Waals surface area contributed by atoms with Gasteiger partial charge >= 0.3 is 6.09 Å². The summed E-state index contributed by atoms with van der Waals surface area (Å²) in [4.78, 5) is 27.1. The van der Waals surface area contributed by atoms with Gasteiger partial charge in [-0.1, -0.05) is 37.6 Å². The van der Waals surface area contributed by atoms with Gasteiger partial charge in [-0.05, 0) is 81.5 Å². The number of hydrogen-bond acceptors (Lipinski definition) is 9. The second kappa shape index (κ2) is 17.3. The molecule has 10 nitrogen and oxygen atoms in total. The van der Waals surface area contributed by atoms with E-state index < -0.39 is 11.9 Å². The fourth-order valence-corrected chi connectivity index (χ4v) is 5.92. The number of nitrogens with zero attached hydrogens (tertiary/aromatic N) is 4. The Hall–Kier alpha value is -4.74. The molecule has 4 aromatic rings. The van der Waals surface area contributed by atoms with Crippen molar-refractivity contribution in [3.05, 3.63) is 83.2 Å². The lowest BCUT2D eigenvalue weighted by molar-refractivity contribution is 0.0965. The van der Waals surface area contributed by atoms with Gasteiger partial charge in [-0.3, -0.25) is 15.1 Å². The van der Waals surface area contributed by atoms with Crippen LogP contribution in [0.1, 0.15) is 50.3 Å². The molecule has 266 valence electrons. The van der Waals surface area contributed by atoms with E-state index in [0.29, 0.717) is 35.5 Å². The lowest BCUT2D eigenvalue weighted by Crippen LogP contribution is -2.49. The zero-order chi connectivity index (χ0) is 35.6. The van der Waals surface area contributed by atoms with Crippen molar-refractivity contribution in [2.75, 3.05) is 57.1 Å². The van der Waals surface area contributed by atoms with Crippen molar-refractivity contribution < 1.29 is 23.4 Å². The van der Waals surface area contributed by atoms with Gasteiger partial charge in [0.25, 0.3) is 0 Å². The number of rotatable bonds is 14. The molecule has 0 aliphatic carbocycles. The number of anilines is 3. The van der Waals surface area contributed by atoms with Crippen molar-refractivity contribution in [1.29, 1.82) is 0 Å². The topological polar surface area (TPSA) is 101 Å². The van der Waals surface area contributed by atoms with Crippen LogP contribution in [0.3, 0.4) is 0 Å². The molecule has 0 radical (unpaired) electrons. The van der Waals surface area contributed by atoms with E-state index in [4.69, 9.17) is 19.2 Å². The van der Waals surface area contributed by atoms with E-state index in [1.54, 1.807) is 31.4 Å². The summed E-state index contributed by atoms with van der Waals surface area (Å²) < 4.78 is 32.2. The average molecular weight is 685 g/mol. The first-order chi connectivity index (χ1) is 24.1. The third-order valence-corrected chi connectivity index (χ3v) is 9.09. The number of carbonyl (C=O) groups is 1. The first-order valence-electron chi connectivity index (χ1n) is 17.4. The minimum Gasteiger partial charge on any atom is -0.495 e. The predicted octanol–water partition coefficient (Wildman–Crippen LogP) is 8.01. The van der Waals surface area contributed by atoms with Gasteiger partial charge in [0.1, 0.15) is 12.4 Å². The van der Waals surface area contributed by atoms with E-state index in [-0.39, 0.29) is 17.6 Å². The third kappa shape index (κ3) is 9.70. The van der Waals surface area contributed by atoms with Crippen LogP contribution >= 0.6 is 0 Å². The number of carbonyl (C=O) groups excluding carboxylic acids is 1. The number of aromatic nitrogens is 2. The summed E-state index contributed by atoms with van der Waals surface area (Å²) in [7, 11) is 1.56. The Bertz CT molecular complexity index is 1760. The normalized spacial score (nSPS) is 13.7. The zero-order valence-electron chi connectivity index (χ0n) is 30.0. The van der Waals surface area contributed by atoms with E-state index in [1.165, 1.54) is 6.07 Å². The highest BCUT2D eigenvalue weighted by atomic mass is 19.1. The van der Waals surface area contributed by atoms with E-state index >= 15 is 4.39 Å². The van der Waals surface area contributed by atoms with Crippen LogP contribution in [-0.4, -0.2) is 78.3 Å². The highest BCUT2D eigenvalue weighted by molar-refractivity contribution is 5.88. The maximum Gasteiger partial charge on any atom is 0.418 e. The highest BCUT2D eigenvalue weighted by Gasteiger charge is 2.19. The smallest absolute Gasteiger partial charge is 0.418 e. The molecule has 1 amide bonds. The summed E-state index contributed by atoms with van der Waals surface area (Å²) in [6.45, 7) is 15.7. The lowest BCUT2D eigenvalue weighted by atomic mass is 10.0. The molecule has 0 saturated carbocycles. The van der Waals surface area contributed by atoms with E-state index in [2.05, 4.69) is 46.2 Å². The molecule has 1 aromatic heterocycles. The predicted molar refractivity (Wildman–Crippen MR) is 197 cm³/mol. The van der Waals surface area contributed by atoms with Crippen LogP contribution in [-0.2, 0) is 6.42 Å². The van der Waals surface area contributed by atoms with Gasteiger partial charge < -0.3 is 19.5 Å². The van der Waals surface area contributed by atoms with Gasteiger partial charge in [-0.2, -0.15) is 4.98 Å². The molecule has 0 unspecified atom stereocenters. The van der Waals surface area contributed by atoms with Crippen molar-refractivity contribution in [2.24, 2.45) is 0 Å². The molecule has 11 heteroatoms. The molecule has 50 heavy (non-hydrogen) atoms. The van der Waals surface area contributed by atoms with Gasteiger partial charge in [-0.25, -0.2) is 14.2 Å². The molecule has 2 heterocycles. The Morgan fingerprint density at radius 3 is 2.50 bits per heavy atom. The standard InChI is InChI=1S/C39H49FN6O4/c1-7-8-11-29-13-15-33(36(23-29)48-6)43-39(47)50-37-25-34(31-12-9-10-27(4)28(31)5)42-38(44-37)41-30-14-16-35(32(40)24-30)49-22-21-45-17-19-46(20-18-45)26(2)3/h9-10,12-16,23-26H,7-8,11,17-22H2,1-6H3,(H,43,47)(H,41,42,44). The number of halogens is 1. The summed E-state index contributed by atoms with van der Waals surface area (Å²) in [6.07, 6.45) is 2.33. The van der Waals surface area contributed by atoms with Crippen LogP contribution in [0.25, 0.3) is 11.3 Å². The minimum absolute atomic E-state index is 0.0177. The molecule has 1 aliphatic heterocycles. The summed E-state index contributed by atoms with van der Waals surface area (Å²) >= 11 is 0. The molecular formula is C39H49FN6O4. The second-order valence-electron chi connectivity index (χ2n) is 12.9. The van der Waals surface area contributed by atoms with E-state index in [1.807, 2.05) is 44.2 Å². The lowest BCUT2D eigenvalue weighted by Gasteiger charge is -2.36. The van der Waals surface area contributed by atoms with Crippen LogP contribution in [0.2, 0.25) is 0 Å². The van der Waals surface area contributed by atoms with Gasteiger partial charge in [-0.15, -0.1) is 0 Å². The number of nitrogens with one attached hydrogen (secondary N) is 2. The SMILES string of the molecule is CCCCc1ccc(NC(=O)Oc2cc(-c3cccc(C)c3C)nc(Nc3ccc(OCCN4CCN(C(C)C)CC4)c(F)c3)n2)c(OC)c1. The quantitative estimate of drug-likeness (QED) is 0.137. The third-order valence-electron chi connectivity index (χ3n) is 9.09. The molecule has 2 N–H and O–H groups in total. The monoisotopic (exact) mass is 684 g/mol. The van der Waals surface area contributed by atoms with Crippen LogP contribution in [0.4, 0.5) is 26.5 Å². The molecular weight excluding hydrogens is 635 g/mol. The molecule has 1 fully saturated rings. The largest absolute Gasteiger partial charge is 0.495 e. The maximum atomic E-state index is 15.2. The fourth-order valence-electron chi connectivity index (χ4n) is 5.92. The fraction of sp³-hybridized carbons (Fsp3) is 0.410. The van der Waals surface area contributed by atoms with Gasteiger partial charge in [0.15, 0.2) is 11.6 Å². The number of methoxy groups -OCH3 is 1. The van der Waals surface area contributed by atoms with Crippen molar-refractivity contribution in [2.45, 2.75) is 59.9 Å². The first kappa shape index (κ1) is 36.5. The molecule has 5 rings (SSSR count). The summed E-state index contributed by atoms with van der Waals surface area (Å²) in [6, 6.07) is 18.4. The van der Waals surface area contributed by atoms with Crippen LogP contribution in [0.15, 0.2) is 60.7 Å². The molecule has 0 atom stereocenters. The van der Waals surface area contributed by atoms with Gasteiger partial charge in [0.05, 0.1) is 18.5 Å². The number of amides is 1. The number of ether oxygens (including phenoxy) is 3. The van der Waals surface area contributed by atoms with E-state index in [9.17, 15) is 4.79 Å². The van der Waals surface area contributed by atoms with Crippen molar-refractivity contribution in [3.8, 4) is 28.6 Å². The minimum atomic E-state index is -0.740. The van der Waals surface area contributed by atoms with Crippen molar-refractivity contribution in [1.82, 2.24) is 19.8 Å². The number of unbranched alkanes of at least 4 members (excludes halogenated alkanes) is 1. The number of aryl methyl sites for hydroxylation is 2. The Morgan fingerprint density at radius 1 is 0.980 bits per heavy atom. The maximum absolute atomic E-state index is 15.2. The molecule has 0 spiro atoms. The van der Waals surface area contributed by atoms with Gasteiger partial charge in [0.2, 0.25) is 11.8 Å². The zero-order valence-corrected chi connectivity index (χ0v) is 30.0. The van der Waals surface area contributed by atoms with E-state index in [0.717, 1.165) is 74.2 Å². The summed E-state index contributed by atoms with van der Waals surface area (Å²) in [5.41, 5.74) is 5.52. The molecule has 0 bridgehead atoms. The van der Waals surface area contributed by atoms with Crippen LogP contribution < -0.4 is 24.8 Å². The van der Waals surface area contributed by atoms with Crippen molar-refractivity contribution in [3.63, 3.8) is 0 Å². The summed E-state index contributed by atoms with van der Waals surface area (Å²) in [5.74, 6) is 0.365. The summed E-state index contributed by atoms with van der Waals surface area (Å²) in [5, 5.41) is 5.84. The molecule has 1 aliphatic rings. The average Bonchev–Trinajstić information content (AvgIpc) is 3.10.